The minimum Gasteiger partial charge on any atom is -0.490 e. The van der Waals surface area contributed by atoms with E-state index in [0.29, 0.717) is 34.8 Å². The average molecular weight is 489 g/mol. The number of rotatable bonds is 7. The van der Waals surface area contributed by atoms with Gasteiger partial charge in [-0.05, 0) is 90.3 Å². The molecule has 0 aliphatic carbocycles. The van der Waals surface area contributed by atoms with Crippen molar-refractivity contribution in [3.8, 4) is 11.5 Å². The number of nitrogens with one attached hydrogen (secondary N) is 1. The first kappa shape index (κ1) is 22.4. The van der Waals surface area contributed by atoms with Crippen LogP contribution in [0.1, 0.15) is 37.0 Å². The predicted octanol–water partition coefficient (Wildman–Crippen LogP) is 6.15. The predicted molar refractivity (Wildman–Crippen MR) is 128 cm³/mol. The number of aliphatic imine (C=N–C) groups is 1. The summed E-state index contributed by atoms with van der Waals surface area (Å²) in [5, 5.41) is 3.42. The molecule has 3 rings (SSSR count). The normalized spacial score (nSPS) is 16.2. The van der Waals surface area contributed by atoms with Gasteiger partial charge < -0.3 is 14.8 Å². The lowest BCUT2D eigenvalue weighted by molar-refractivity contribution is -0.115. The molecule has 2 aromatic rings. The molecule has 5 nitrogen and oxygen atoms in total. The molecule has 7 heteroatoms. The summed E-state index contributed by atoms with van der Waals surface area (Å²) in [6.45, 7) is 9.18. The van der Waals surface area contributed by atoms with Crippen molar-refractivity contribution >= 4 is 50.5 Å². The number of carbonyl (C=O) groups is 1. The molecule has 1 aliphatic rings. The van der Waals surface area contributed by atoms with Crippen molar-refractivity contribution in [2.45, 2.75) is 34.1 Å². The Balaban J connectivity index is 1.87. The van der Waals surface area contributed by atoms with Gasteiger partial charge in [0.25, 0.3) is 5.91 Å². The van der Waals surface area contributed by atoms with Crippen LogP contribution in [0.4, 0.5) is 5.69 Å². The number of amidine groups is 1. The van der Waals surface area contributed by atoms with Crippen LogP contribution in [-0.4, -0.2) is 24.3 Å². The minimum absolute atomic E-state index is 0.163. The van der Waals surface area contributed by atoms with Gasteiger partial charge in [-0.2, -0.15) is 0 Å². The zero-order valence-corrected chi connectivity index (χ0v) is 19.9. The Kier molecular flexibility index (Phi) is 7.61. The summed E-state index contributed by atoms with van der Waals surface area (Å²) < 4.78 is 12.4. The monoisotopic (exact) mass is 488 g/mol. The van der Waals surface area contributed by atoms with E-state index in [2.05, 4.69) is 39.2 Å². The molecular formula is C23H25BrN2O3S. The van der Waals surface area contributed by atoms with Crippen LogP contribution < -0.4 is 14.8 Å². The second kappa shape index (κ2) is 10.2. The highest BCUT2D eigenvalue weighted by Crippen LogP contribution is 2.38. The van der Waals surface area contributed by atoms with Gasteiger partial charge in [-0.1, -0.05) is 24.6 Å². The Bertz CT molecular complexity index is 1020. The van der Waals surface area contributed by atoms with E-state index in [9.17, 15) is 4.79 Å². The molecule has 1 fully saturated rings. The van der Waals surface area contributed by atoms with E-state index < -0.39 is 0 Å². The molecule has 1 amide bonds. The fourth-order valence-corrected chi connectivity index (χ4v) is 4.36. The summed E-state index contributed by atoms with van der Waals surface area (Å²) in [4.78, 5) is 17.7. The second-order valence-corrected chi connectivity index (χ2v) is 8.77. The zero-order valence-electron chi connectivity index (χ0n) is 17.5. The molecule has 0 spiro atoms. The standard InChI is InChI=1S/C23H25BrN2O3S/c1-5-9-29-21-17(24)11-16(12-19(21)28-6-2)13-20-22(27)26-23(30-20)25-18-8-7-14(3)10-15(18)4/h7-8,10-13H,5-6,9H2,1-4H3,(H,25,26,27)/b20-13+. The van der Waals surface area contributed by atoms with Gasteiger partial charge in [0, 0.05) is 0 Å². The van der Waals surface area contributed by atoms with Crippen molar-refractivity contribution in [3.05, 3.63) is 56.4 Å². The molecule has 0 aromatic heterocycles. The quantitative estimate of drug-likeness (QED) is 0.475. The molecule has 1 N–H and O–H groups in total. The van der Waals surface area contributed by atoms with Gasteiger partial charge in [0.15, 0.2) is 16.7 Å². The molecule has 0 bridgehead atoms. The number of amides is 1. The zero-order chi connectivity index (χ0) is 21.7. The van der Waals surface area contributed by atoms with Crippen LogP contribution in [0.15, 0.2) is 44.7 Å². The van der Waals surface area contributed by atoms with Crippen LogP contribution >= 0.6 is 27.7 Å². The number of hydrogen-bond donors (Lipinski definition) is 1. The first-order chi connectivity index (χ1) is 14.4. The van der Waals surface area contributed by atoms with E-state index in [1.54, 1.807) is 0 Å². The molecule has 0 saturated carbocycles. The van der Waals surface area contributed by atoms with Gasteiger partial charge >= 0.3 is 0 Å². The molecule has 1 aliphatic heterocycles. The SMILES string of the molecule is CCCOc1c(Br)cc(/C=C2/SC(=Nc3ccc(C)cc3C)NC2=O)cc1OCC. The van der Waals surface area contributed by atoms with Gasteiger partial charge in [-0.25, -0.2) is 4.99 Å². The highest BCUT2D eigenvalue weighted by molar-refractivity contribution is 9.10. The summed E-state index contributed by atoms with van der Waals surface area (Å²) >= 11 is 4.89. The number of thioether (sulfide) groups is 1. The number of benzene rings is 2. The lowest BCUT2D eigenvalue weighted by Gasteiger charge is -2.14. The molecular weight excluding hydrogens is 464 g/mol. The fourth-order valence-electron chi connectivity index (χ4n) is 2.95. The largest absolute Gasteiger partial charge is 0.490 e. The first-order valence-corrected chi connectivity index (χ1v) is 11.5. The third kappa shape index (κ3) is 5.46. The van der Waals surface area contributed by atoms with Crippen molar-refractivity contribution in [2.75, 3.05) is 13.2 Å². The number of hydrogen-bond acceptors (Lipinski definition) is 5. The Morgan fingerprint density at radius 1 is 1.17 bits per heavy atom. The van der Waals surface area contributed by atoms with E-state index >= 15 is 0 Å². The van der Waals surface area contributed by atoms with E-state index in [1.807, 2.05) is 51.1 Å². The van der Waals surface area contributed by atoms with Gasteiger partial charge in [0.1, 0.15) is 0 Å². The summed E-state index contributed by atoms with van der Waals surface area (Å²) in [6.07, 6.45) is 2.74. The van der Waals surface area contributed by atoms with Crippen LogP contribution in [-0.2, 0) is 4.79 Å². The Morgan fingerprint density at radius 3 is 2.67 bits per heavy atom. The molecule has 30 heavy (non-hydrogen) atoms. The van der Waals surface area contributed by atoms with Crippen LogP contribution in [0.5, 0.6) is 11.5 Å². The smallest absolute Gasteiger partial charge is 0.264 e. The maximum atomic E-state index is 12.5. The molecule has 2 aromatic carbocycles. The van der Waals surface area contributed by atoms with Crippen molar-refractivity contribution < 1.29 is 14.3 Å². The van der Waals surface area contributed by atoms with Crippen molar-refractivity contribution in [2.24, 2.45) is 4.99 Å². The highest BCUT2D eigenvalue weighted by Gasteiger charge is 2.24. The van der Waals surface area contributed by atoms with Gasteiger partial charge in [-0.15, -0.1) is 0 Å². The van der Waals surface area contributed by atoms with Crippen LogP contribution in [0.25, 0.3) is 6.08 Å². The van der Waals surface area contributed by atoms with E-state index in [4.69, 9.17) is 9.47 Å². The number of halogens is 1. The summed E-state index contributed by atoms with van der Waals surface area (Å²) in [5.74, 6) is 1.17. The lowest BCUT2D eigenvalue weighted by Crippen LogP contribution is -2.19. The molecule has 158 valence electrons. The third-order valence-electron chi connectivity index (χ3n) is 4.31. The van der Waals surface area contributed by atoms with Gasteiger partial charge in [-0.3, -0.25) is 4.79 Å². The first-order valence-electron chi connectivity index (χ1n) is 9.87. The molecule has 0 unspecified atom stereocenters. The number of ether oxygens (including phenoxy) is 2. The minimum atomic E-state index is -0.163. The van der Waals surface area contributed by atoms with Crippen molar-refractivity contribution in [3.63, 3.8) is 0 Å². The second-order valence-electron chi connectivity index (χ2n) is 6.88. The number of aryl methyl sites for hydroxylation is 2. The maximum Gasteiger partial charge on any atom is 0.264 e. The van der Waals surface area contributed by atoms with Crippen molar-refractivity contribution in [1.82, 2.24) is 5.32 Å². The van der Waals surface area contributed by atoms with Gasteiger partial charge in [0.05, 0.1) is 28.3 Å². The third-order valence-corrected chi connectivity index (χ3v) is 5.80. The molecule has 0 radical (unpaired) electrons. The lowest BCUT2D eigenvalue weighted by atomic mass is 10.1. The fraction of sp³-hybridized carbons (Fsp3) is 0.304. The summed E-state index contributed by atoms with van der Waals surface area (Å²) in [6, 6.07) is 9.87. The van der Waals surface area contributed by atoms with Crippen molar-refractivity contribution in [1.29, 1.82) is 0 Å². The molecule has 1 saturated heterocycles. The topological polar surface area (TPSA) is 59.9 Å². The van der Waals surface area contributed by atoms with Crippen LogP contribution in [0.3, 0.4) is 0 Å². The van der Waals surface area contributed by atoms with Crippen LogP contribution in [0.2, 0.25) is 0 Å². The average Bonchev–Trinajstić information content (AvgIpc) is 3.02. The van der Waals surface area contributed by atoms with E-state index in [0.717, 1.165) is 27.7 Å². The molecule has 1 heterocycles. The van der Waals surface area contributed by atoms with Crippen LogP contribution in [0, 0.1) is 13.8 Å². The number of nitrogens with zero attached hydrogens (tertiary/aromatic N) is 1. The maximum absolute atomic E-state index is 12.5. The Hall–Kier alpha value is -2.25. The molecule has 0 atom stereocenters. The number of carbonyl (C=O) groups excluding carboxylic acids is 1. The van der Waals surface area contributed by atoms with E-state index in [-0.39, 0.29) is 5.91 Å². The highest BCUT2D eigenvalue weighted by atomic mass is 79.9. The Labute approximate surface area is 190 Å². The summed E-state index contributed by atoms with van der Waals surface area (Å²) in [7, 11) is 0. The Morgan fingerprint density at radius 2 is 1.97 bits per heavy atom. The summed E-state index contributed by atoms with van der Waals surface area (Å²) in [5.41, 5.74) is 3.95. The van der Waals surface area contributed by atoms with E-state index in [1.165, 1.54) is 17.3 Å². The van der Waals surface area contributed by atoms with Gasteiger partial charge in [0.2, 0.25) is 0 Å².